The van der Waals surface area contributed by atoms with Crippen molar-refractivity contribution in [1.82, 2.24) is 10.2 Å². The minimum Gasteiger partial charge on any atom is -0.508 e. The van der Waals surface area contributed by atoms with Crippen molar-refractivity contribution in [3.05, 3.63) is 23.8 Å². The molecule has 21 heavy (non-hydrogen) atoms. The number of benzene rings is 1. The van der Waals surface area contributed by atoms with E-state index < -0.39 is 0 Å². The number of rotatable bonds is 7. The second kappa shape index (κ2) is 8.22. The van der Waals surface area contributed by atoms with Gasteiger partial charge >= 0.3 is 0 Å². The third-order valence-electron chi connectivity index (χ3n) is 4.05. The number of likely N-dealkylation sites (tertiary alicyclic amines) is 1. The van der Waals surface area contributed by atoms with E-state index in [4.69, 9.17) is 4.74 Å². The van der Waals surface area contributed by atoms with Crippen molar-refractivity contribution in [2.24, 2.45) is 5.92 Å². The Labute approximate surface area is 126 Å². The molecule has 2 rings (SSSR count). The number of phenols is 1. The molecule has 1 aromatic carbocycles. The maximum absolute atomic E-state index is 9.53. The highest BCUT2D eigenvalue weighted by Crippen LogP contribution is 2.22. The van der Waals surface area contributed by atoms with Crippen molar-refractivity contribution in [2.45, 2.75) is 19.4 Å². The molecule has 0 saturated carbocycles. The normalized spacial score (nSPS) is 19.6. The molecule has 1 fully saturated rings. The summed E-state index contributed by atoms with van der Waals surface area (Å²) in [5, 5.41) is 22.2. The molecular formula is C16H26N2O3. The van der Waals surface area contributed by atoms with Gasteiger partial charge in [-0.25, -0.2) is 0 Å². The minimum atomic E-state index is 0.259. The van der Waals surface area contributed by atoms with E-state index in [1.807, 2.05) is 0 Å². The molecule has 1 aromatic rings. The van der Waals surface area contributed by atoms with Crippen LogP contribution in [0.1, 0.15) is 18.4 Å². The summed E-state index contributed by atoms with van der Waals surface area (Å²) in [5.41, 5.74) is 0.962. The summed E-state index contributed by atoms with van der Waals surface area (Å²) < 4.78 is 5.29. The van der Waals surface area contributed by atoms with Crippen molar-refractivity contribution in [3.63, 3.8) is 0 Å². The van der Waals surface area contributed by atoms with Gasteiger partial charge in [0.15, 0.2) is 0 Å². The van der Waals surface area contributed by atoms with Crippen molar-refractivity contribution >= 4 is 0 Å². The van der Waals surface area contributed by atoms with E-state index in [0.717, 1.165) is 43.9 Å². The Kier molecular flexibility index (Phi) is 6.29. The molecule has 0 radical (unpaired) electrons. The lowest BCUT2D eigenvalue weighted by atomic mass is 9.99. The number of nitrogens with zero attached hydrogens (tertiary/aromatic N) is 1. The van der Waals surface area contributed by atoms with Crippen LogP contribution in [0.15, 0.2) is 18.2 Å². The van der Waals surface area contributed by atoms with E-state index in [1.54, 1.807) is 25.3 Å². The Morgan fingerprint density at radius 2 is 2.29 bits per heavy atom. The minimum absolute atomic E-state index is 0.259. The first-order chi connectivity index (χ1) is 10.2. The van der Waals surface area contributed by atoms with Gasteiger partial charge in [0.2, 0.25) is 0 Å². The average Bonchev–Trinajstić information content (AvgIpc) is 2.52. The predicted octanol–water partition coefficient (Wildman–Crippen LogP) is 1.19. The number of aliphatic hydroxyl groups excluding tert-OH is 1. The van der Waals surface area contributed by atoms with Gasteiger partial charge in [0.25, 0.3) is 0 Å². The van der Waals surface area contributed by atoms with Gasteiger partial charge in [-0.15, -0.1) is 0 Å². The third-order valence-corrected chi connectivity index (χ3v) is 4.05. The van der Waals surface area contributed by atoms with E-state index in [9.17, 15) is 10.2 Å². The van der Waals surface area contributed by atoms with Crippen LogP contribution in [0.2, 0.25) is 0 Å². The van der Waals surface area contributed by atoms with Gasteiger partial charge in [-0.05, 0) is 43.5 Å². The van der Waals surface area contributed by atoms with Gasteiger partial charge in [-0.1, -0.05) is 0 Å². The summed E-state index contributed by atoms with van der Waals surface area (Å²) in [6.07, 6.45) is 2.31. The first-order valence-electron chi connectivity index (χ1n) is 7.62. The lowest BCUT2D eigenvalue weighted by Crippen LogP contribution is -2.40. The zero-order valence-corrected chi connectivity index (χ0v) is 12.7. The van der Waals surface area contributed by atoms with Crippen LogP contribution in [0, 0.1) is 5.92 Å². The smallest absolute Gasteiger partial charge is 0.123 e. The maximum atomic E-state index is 9.53. The largest absolute Gasteiger partial charge is 0.508 e. The highest BCUT2D eigenvalue weighted by Gasteiger charge is 2.18. The van der Waals surface area contributed by atoms with Crippen LogP contribution in [-0.4, -0.2) is 55.0 Å². The third kappa shape index (κ3) is 4.88. The van der Waals surface area contributed by atoms with Gasteiger partial charge in [0.1, 0.15) is 11.5 Å². The van der Waals surface area contributed by atoms with Gasteiger partial charge in [0.05, 0.1) is 7.11 Å². The van der Waals surface area contributed by atoms with Crippen LogP contribution in [0.25, 0.3) is 0 Å². The fraction of sp³-hybridized carbons (Fsp3) is 0.625. The molecule has 1 unspecified atom stereocenters. The zero-order chi connectivity index (χ0) is 15.1. The van der Waals surface area contributed by atoms with Gasteiger partial charge in [0, 0.05) is 38.3 Å². The first-order valence-corrected chi connectivity index (χ1v) is 7.62. The number of hydrogen-bond donors (Lipinski definition) is 3. The number of hydrogen-bond acceptors (Lipinski definition) is 5. The van der Waals surface area contributed by atoms with Gasteiger partial charge in [-0.3, -0.25) is 0 Å². The Bertz CT molecular complexity index is 440. The van der Waals surface area contributed by atoms with Crippen LogP contribution in [0.4, 0.5) is 0 Å². The molecule has 1 heterocycles. The van der Waals surface area contributed by atoms with Gasteiger partial charge < -0.3 is 25.2 Å². The second-order valence-corrected chi connectivity index (χ2v) is 5.66. The molecule has 1 saturated heterocycles. The fourth-order valence-corrected chi connectivity index (χ4v) is 2.87. The zero-order valence-electron chi connectivity index (χ0n) is 12.7. The molecule has 1 aliphatic heterocycles. The molecule has 0 amide bonds. The number of piperidine rings is 1. The molecule has 5 nitrogen and oxygen atoms in total. The van der Waals surface area contributed by atoms with Crippen molar-refractivity contribution < 1.29 is 14.9 Å². The van der Waals surface area contributed by atoms with E-state index in [1.165, 1.54) is 6.42 Å². The summed E-state index contributed by atoms with van der Waals surface area (Å²) in [4.78, 5) is 2.40. The molecule has 118 valence electrons. The molecule has 0 aromatic heterocycles. The molecule has 0 aliphatic carbocycles. The Hall–Kier alpha value is -1.30. The second-order valence-electron chi connectivity index (χ2n) is 5.66. The van der Waals surface area contributed by atoms with Crippen LogP contribution >= 0.6 is 0 Å². The van der Waals surface area contributed by atoms with Crippen LogP contribution in [-0.2, 0) is 6.54 Å². The van der Waals surface area contributed by atoms with Gasteiger partial charge in [-0.2, -0.15) is 0 Å². The van der Waals surface area contributed by atoms with Crippen molar-refractivity contribution in [2.75, 3.05) is 39.9 Å². The van der Waals surface area contributed by atoms with Crippen molar-refractivity contribution in [1.29, 1.82) is 0 Å². The fourth-order valence-electron chi connectivity index (χ4n) is 2.87. The highest BCUT2D eigenvalue weighted by atomic mass is 16.5. The molecule has 0 spiro atoms. The SMILES string of the molecule is COc1ccc(O)cc1CNCCN1CCCC(CO)C1. The molecule has 1 aliphatic rings. The molecule has 1 atom stereocenters. The molecule has 0 bridgehead atoms. The Balaban J connectivity index is 1.73. The number of aromatic hydroxyl groups is 1. The van der Waals surface area contributed by atoms with Crippen LogP contribution < -0.4 is 10.1 Å². The topological polar surface area (TPSA) is 65.0 Å². The Morgan fingerprint density at radius 3 is 3.05 bits per heavy atom. The Morgan fingerprint density at radius 1 is 1.43 bits per heavy atom. The lowest BCUT2D eigenvalue weighted by Gasteiger charge is -2.31. The summed E-state index contributed by atoms with van der Waals surface area (Å²) in [6, 6.07) is 5.14. The first kappa shape index (κ1) is 16.1. The molecule has 3 N–H and O–H groups in total. The standard InChI is InChI=1S/C16H26N2O3/c1-21-16-5-4-15(20)9-14(16)10-17-6-8-18-7-2-3-13(11-18)12-19/h4-5,9,13,17,19-20H,2-3,6-8,10-12H2,1H3. The molecule has 5 heteroatoms. The van der Waals surface area contributed by atoms with E-state index in [0.29, 0.717) is 19.1 Å². The highest BCUT2D eigenvalue weighted by molar-refractivity contribution is 5.39. The predicted molar refractivity (Wildman–Crippen MR) is 82.6 cm³/mol. The maximum Gasteiger partial charge on any atom is 0.123 e. The number of aliphatic hydroxyl groups is 1. The average molecular weight is 294 g/mol. The number of nitrogens with one attached hydrogen (secondary N) is 1. The van der Waals surface area contributed by atoms with Crippen LogP contribution in [0.5, 0.6) is 11.5 Å². The number of ether oxygens (including phenoxy) is 1. The number of methoxy groups -OCH3 is 1. The quantitative estimate of drug-likeness (QED) is 0.659. The summed E-state index contributed by atoms with van der Waals surface area (Å²) >= 11 is 0. The van der Waals surface area contributed by atoms with Crippen molar-refractivity contribution in [3.8, 4) is 11.5 Å². The lowest BCUT2D eigenvalue weighted by molar-refractivity contribution is 0.121. The van der Waals surface area contributed by atoms with E-state index in [2.05, 4.69) is 10.2 Å². The summed E-state index contributed by atoms with van der Waals surface area (Å²) in [7, 11) is 1.64. The summed E-state index contributed by atoms with van der Waals surface area (Å²) in [6.45, 7) is 4.95. The van der Waals surface area contributed by atoms with E-state index in [-0.39, 0.29) is 5.75 Å². The number of phenolic OH excluding ortho intramolecular Hbond substituents is 1. The van der Waals surface area contributed by atoms with E-state index >= 15 is 0 Å². The summed E-state index contributed by atoms with van der Waals surface area (Å²) in [5.74, 6) is 1.48. The molecular weight excluding hydrogens is 268 g/mol. The van der Waals surface area contributed by atoms with Crippen LogP contribution in [0.3, 0.4) is 0 Å². The monoisotopic (exact) mass is 294 g/mol.